The fourth-order valence-electron chi connectivity index (χ4n) is 2.20. The second-order valence-electron chi connectivity index (χ2n) is 4.75. The lowest BCUT2D eigenvalue weighted by atomic mass is 10.2. The Labute approximate surface area is 137 Å². The summed E-state index contributed by atoms with van der Waals surface area (Å²) >= 11 is 0. The van der Waals surface area contributed by atoms with Gasteiger partial charge in [0.2, 0.25) is 0 Å². The minimum absolute atomic E-state index is 0. The molecule has 0 nitrogen and oxygen atoms in total. The molecule has 0 saturated carbocycles. The minimum atomic E-state index is -0.0229. The van der Waals surface area contributed by atoms with Crippen LogP contribution in [0.25, 0.3) is 0 Å². The van der Waals surface area contributed by atoms with E-state index < -0.39 is 0 Å². The molecule has 0 fully saturated rings. The largest absolute Gasteiger partial charge is 0.269 e. The van der Waals surface area contributed by atoms with Crippen molar-refractivity contribution < 1.29 is 14.1 Å². The standard InChI is InChI=1S/C19H17S.3FH/c1-16-12-14-19(15-13-16)20(17-8-4-2-5-9-17)18-10-6-3-7-11-18;;;/h2-15H,1H3;3*1H/q+1;;;. The number of hydrogen-bond acceptors (Lipinski definition) is 0. The summed E-state index contributed by atoms with van der Waals surface area (Å²) in [7, 11) is -0.0229. The summed E-state index contributed by atoms with van der Waals surface area (Å²) in [6, 6.07) is 30.4. The lowest BCUT2D eigenvalue weighted by Crippen LogP contribution is -2.04. The highest BCUT2D eigenvalue weighted by Crippen LogP contribution is 2.30. The molecular formula is C19H20F3S+. The van der Waals surface area contributed by atoms with Gasteiger partial charge in [0.05, 0.1) is 10.9 Å². The van der Waals surface area contributed by atoms with Crippen molar-refractivity contribution in [1.29, 1.82) is 0 Å². The SMILES string of the molecule is Cc1ccc([S+](c2ccccc2)c2ccccc2)cc1.F.F.F. The lowest BCUT2D eigenvalue weighted by molar-refractivity contribution is 1.11. The van der Waals surface area contributed by atoms with E-state index in [9.17, 15) is 0 Å². The molecule has 3 aromatic carbocycles. The van der Waals surface area contributed by atoms with Crippen molar-refractivity contribution in [2.45, 2.75) is 21.6 Å². The van der Waals surface area contributed by atoms with Crippen molar-refractivity contribution in [3.8, 4) is 0 Å². The smallest absolute Gasteiger partial charge is 0.166 e. The van der Waals surface area contributed by atoms with Crippen LogP contribution in [0.3, 0.4) is 0 Å². The molecule has 0 aliphatic rings. The van der Waals surface area contributed by atoms with Gasteiger partial charge in [-0.15, -0.1) is 0 Å². The van der Waals surface area contributed by atoms with Gasteiger partial charge in [-0.05, 0) is 43.3 Å². The molecular weight excluding hydrogens is 317 g/mol. The van der Waals surface area contributed by atoms with Gasteiger partial charge in [-0.25, -0.2) is 0 Å². The molecule has 0 bridgehead atoms. The van der Waals surface area contributed by atoms with Crippen LogP contribution in [0.5, 0.6) is 0 Å². The predicted octanol–water partition coefficient (Wildman–Crippen LogP) is 5.55. The first-order valence-electron chi connectivity index (χ1n) is 6.76. The quantitative estimate of drug-likeness (QED) is 0.550. The molecule has 0 aliphatic carbocycles. The zero-order chi connectivity index (χ0) is 13.8. The van der Waals surface area contributed by atoms with Gasteiger partial charge >= 0.3 is 0 Å². The van der Waals surface area contributed by atoms with Crippen molar-refractivity contribution in [3.05, 3.63) is 90.5 Å². The van der Waals surface area contributed by atoms with E-state index in [0.29, 0.717) is 0 Å². The van der Waals surface area contributed by atoms with Gasteiger partial charge in [0.1, 0.15) is 0 Å². The molecule has 0 unspecified atom stereocenters. The van der Waals surface area contributed by atoms with Crippen LogP contribution in [0.1, 0.15) is 5.56 Å². The van der Waals surface area contributed by atoms with Crippen molar-refractivity contribution in [1.82, 2.24) is 0 Å². The average molecular weight is 337 g/mol. The second kappa shape index (κ2) is 9.74. The number of halogens is 3. The van der Waals surface area contributed by atoms with Gasteiger partial charge in [-0.1, -0.05) is 54.1 Å². The van der Waals surface area contributed by atoms with Gasteiger partial charge in [0, 0.05) is 0 Å². The first kappa shape index (κ1) is 20.8. The number of rotatable bonds is 3. The maximum atomic E-state index is 2.25. The van der Waals surface area contributed by atoms with Crippen LogP contribution in [-0.4, -0.2) is 0 Å². The van der Waals surface area contributed by atoms with Crippen molar-refractivity contribution >= 4 is 10.9 Å². The van der Waals surface area contributed by atoms with Crippen LogP contribution in [0, 0.1) is 6.92 Å². The maximum absolute atomic E-state index is 2.25. The van der Waals surface area contributed by atoms with Gasteiger partial charge in [-0.3, -0.25) is 14.1 Å². The van der Waals surface area contributed by atoms with Crippen LogP contribution in [0.4, 0.5) is 14.1 Å². The van der Waals surface area contributed by atoms with Crippen molar-refractivity contribution in [2.75, 3.05) is 0 Å². The first-order chi connectivity index (χ1) is 9.84. The zero-order valence-electron chi connectivity index (χ0n) is 12.7. The van der Waals surface area contributed by atoms with E-state index >= 15 is 0 Å². The van der Waals surface area contributed by atoms with Crippen molar-refractivity contribution in [3.63, 3.8) is 0 Å². The summed E-state index contributed by atoms with van der Waals surface area (Å²) < 4.78 is 0. The van der Waals surface area contributed by atoms with Gasteiger partial charge < -0.3 is 0 Å². The topological polar surface area (TPSA) is 0 Å². The molecule has 0 amide bonds. The Kier molecular flexibility index (Phi) is 8.81. The molecule has 0 saturated heterocycles. The zero-order valence-corrected chi connectivity index (χ0v) is 13.5. The van der Waals surface area contributed by atoms with Crippen LogP contribution in [0.2, 0.25) is 0 Å². The van der Waals surface area contributed by atoms with E-state index in [1.165, 1.54) is 20.2 Å². The van der Waals surface area contributed by atoms with Crippen molar-refractivity contribution in [2.24, 2.45) is 0 Å². The summed E-state index contributed by atoms with van der Waals surface area (Å²) in [4.78, 5) is 4.10. The Morgan fingerprint density at radius 3 is 1.22 bits per heavy atom. The van der Waals surface area contributed by atoms with E-state index in [0.717, 1.165) is 0 Å². The Balaban J connectivity index is 0.00000161. The average Bonchev–Trinajstić information content (AvgIpc) is 2.52. The Morgan fingerprint density at radius 2 is 0.826 bits per heavy atom. The molecule has 23 heavy (non-hydrogen) atoms. The molecule has 0 heterocycles. The molecule has 0 aromatic heterocycles. The Bertz CT molecular complexity index is 630. The lowest BCUT2D eigenvalue weighted by Gasteiger charge is -2.07. The van der Waals surface area contributed by atoms with E-state index in [-0.39, 0.29) is 25.0 Å². The summed E-state index contributed by atoms with van der Waals surface area (Å²) in [5.74, 6) is 0. The normalized spacial score (nSPS) is 9.30. The summed E-state index contributed by atoms with van der Waals surface area (Å²) in [5, 5.41) is 0. The molecule has 0 aliphatic heterocycles. The molecule has 3 rings (SSSR count). The highest BCUT2D eigenvalue weighted by Gasteiger charge is 2.27. The molecule has 0 N–H and O–H groups in total. The highest BCUT2D eigenvalue weighted by molar-refractivity contribution is 7.97. The Hall–Kier alpha value is -2.20. The predicted molar refractivity (Wildman–Crippen MR) is 93.7 cm³/mol. The number of aryl methyl sites for hydroxylation is 1. The van der Waals surface area contributed by atoms with E-state index in [1.807, 2.05) is 0 Å². The van der Waals surface area contributed by atoms with E-state index in [4.69, 9.17) is 0 Å². The fourth-order valence-corrected chi connectivity index (χ4v) is 4.28. The third-order valence-corrected chi connectivity index (χ3v) is 5.45. The maximum Gasteiger partial charge on any atom is 0.166 e. The molecule has 0 radical (unpaired) electrons. The molecule has 122 valence electrons. The number of hydrogen-bond donors (Lipinski definition) is 0. The molecule has 0 spiro atoms. The van der Waals surface area contributed by atoms with Crippen LogP contribution in [-0.2, 0) is 10.9 Å². The second-order valence-corrected chi connectivity index (χ2v) is 6.77. The van der Waals surface area contributed by atoms with Gasteiger partial charge in [0.15, 0.2) is 14.7 Å². The summed E-state index contributed by atoms with van der Waals surface area (Å²) in [6.07, 6.45) is 0. The molecule has 4 heteroatoms. The Morgan fingerprint density at radius 1 is 0.478 bits per heavy atom. The highest BCUT2D eigenvalue weighted by atomic mass is 32.2. The summed E-state index contributed by atoms with van der Waals surface area (Å²) in [5.41, 5.74) is 1.30. The van der Waals surface area contributed by atoms with Crippen LogP contribution >= 0.6 is 0 Å². The summed E-state index contributed by atoms with van der Waals surface area (Å²) in [6.45, 7) is 2.13. The van der Waals surface area contributed by atoms with E-state index in [2.05, 4.69) is 91.9 Å². The number of benzene rings is 3. The van der Waals surface area contributed by atoms with Gasteiger partial charge in [0.25, 0.3) is 0 Å². The molecule has 3 aromatic rings. The van der Waals surface area contributed by atoms with Crippen LogP contribution in [0.15, 0.2) is 99.6 Å². The van der Waals surface area contributed by atoms with Gasteiger partial charge in [-0.2, -0.15) is 0 Å². The third-order valence-electron chi connectivity index (χ3n) is 3.21. The minimum Gasteiger partial charge on any atom is -0.269 e. The van der Waals surface area contributed by atoms with Crippen LogP contribution < -0.4 is 0 Å². The first-order valence-corrected chi connectivity index (χ1v) is 7.98. The monoisotopic (exact) mass is 337 g/mol. The molecule has 0 atom stereocenters. The fraction of sp³-hybridized carbons (Fsp3) is 0.0526. The van der Waals surface area contributed by atoms with E-state index in [1.54, 1.807) is 0 Å². The third kappa shape index (κ3) is 4.89.